The summed E-state index contributed by atoms with van der Waals surface area (Å²) in [5.74, 6) is 1.82. The van der Waals surface area contributed by atoms with E-state index in [1.165, 1.54) is 21.5 Å². The summed E-state index contributed by atoms with van der Waals surface area (Å²) in [7, 11) is 0. The normalized spacial score (nSPS) is 11.5. The standard InChI is InChI=1S/C47H29N3O/c1-3-13-30(14-4-1)31-23-25-33(26-24-31)46-48-45(32-15-5-2-6-16-32)49-47(50-46)41-28-35(29-43-44(41)39-21-11-12-22-42(39)51-43)40-27-34-17-7-8-18-36(34)37-19-9-10-20-38(37)40/h1-29H. The van der Waals surface area contributed by atoms with Crippen LogP contribution in [0.3, 0.4) is 0 Å². The second kappa shape index (κ2) is 11.9. The first-order valence-electron chi connectivity index (χ1n) is 17.1. The average Bonchev–Trinajstić information content (AvgIpc) is 3.59. The fourth-order valence-electron chi connectivity index (χ4n) is 7.26. The molecule has 4 heteroatoms. The third kappa shape index (κ3) is 5.04. The van der Waals surface area contributed by atoms with Crippen molar-refractivity contribution in [1.82, 2.24) is 15.0 Å². The number of aromatic nitrogens is 3. The fraction of sp³-hybridized carbons (Fsp3) is 0. The lowest BCUT2D eigenvalue weighted by Crippen LogP contribution is -2.00. The number of fused-ring (bicyclic) bond motifs is 6. The van der Waals surface area contributed by atoms with E-state index in [1.807, 2.05) is 54.6 Å². The molecule has 0 spiro atoms. The minimum atomic E-state index is 0.592. The summed E-state index contributed by atoms with van der Waals surface area (Å²) in [6.07, 6.45) is 0. The first-order valence-corrected chi connectivity index (χ1v) is 17.1. The molecule has 2 aromatic heterocycles. The van der Waals surface area contributed by atoms with Crippen LogP contribution in [0.5, 0.6) is 0 Å². The monoisotopic (exact) mass is 651 g/mol. The lowest BCUT2D eigenvalue weighted by Gasteiger charge is -2.14. The van der Waals surface area contributed by atoms with Gasteiger partial charge in [-0.15, -0.1) is 0 Å². The molecule has 0 unspecified atom stereocenters. The third-order valence-electron chi connectivity index (χ3n) is 9.72. The summed E-state index contributed by atoms with van der Waals surface area (Å²) < 4.78 is 6.59. The number of para-hydroxylation sites is 1. The zero-order valence-electron chi connectivity index (χ0n) is 27.5. The van der Waals surface area contributed by atoms with Crippen molar-refractivity contribution in [2.75, 3.05) is 0 Å². The Kier molecular flexibility index (Phi) is 6.78. The molecular weight excluding hydrogens is 623 g/mol. The highest BCUT2D eigenvalue weighted by atomic mass is 16.3. The van der Waals surface area contributed by atoms with Crippen molar-refractivity contribution in [3.8, 4) is 56.4 Å². The van der Waals surface area contributed by atoms with Crippen LogP contribution in [0, 0.1) is 0 Å². The summed E-state index contributed by atoms with van der Waals surface area (Å²) in [5, 5.41) is 6.81. The Labute approximate surface area is 294 Å². The van der Waals surface area contributed by atoms with Crippen LogP contribution in [0.15, 0.2) is 180 Å². The van der Waals surface area contributed by atoms with E-state index in [0.717, 1.165) is 60.9 Å². The van der Waals surface area contributed by atoms with Crippen molar-refractivity contribution in [2.24, 2.45) is 0 Å². The highest BCUT2D eigenvalue weighted by Gasteiger charge is 2.21. The summed E-state index contributed by atoms with van der Waals surface area (Å²) >= 11 is 0. The Balaban J connectivity index is 1.24. The van der Waals surface area contributed by atoms with Gasteiger partial charge in [-0.05, 0) is 68.1 Å². The Morgan fingerprint density at radius 3 is 1.59 bits per heavy atom. The fourth-order valence-corrected chi connectivity index (χ4v) is 7.26. The molecule has 0 N–H and O–H groups in total. The third-order valence-corrected chi connectivity index (χ3v) is 9.72. The molecule has 2 heterocycles. The van der Waals surface area contributed by atoms with Crippen LogP contribution < -0.4 is 0 Å². The highest BCUT2D eigenvalue weighted by molar-refractivity contribution is 6.17. The van der Waals surface area contributed by atoms with E-state index in [1.54, 1.807) is 0 Å². The molecule has 0 aliphatic carbocycles. The predicted molar refractivity (Wildman–Crippen MR) is 209 cm³/mol. The molecule has 4 nitrogen and oxygen atoms in total. The summed E-state index contributed by atoms with van der Waals surface area (Å²) in [5.41, 5.74) is 8.81. The van der Waals surface area contributed by atoms with Gasteiger partial charge >= 0.3 is 0 Å². The summed E-state index contributed by atoms with van der Waals surface area (Å²) in [6, 6.07) is 61.0. The van der Waals surface area contributed by atoms with Crippen molar-refractivity contribution in [1.29, 1.82) is 0 Å². The van der Waals surface area contributed by atoms with E-state index < -0.39 is 0 Å². The van der Waals surface area contributed by atoms with Gasteiger partial charge in [-0.2, -0.15) is 0 Å². The average molecular weight is 652 g/mol. The number of hydrogen-bond acceptors (Lipinski definition) is 4. The van der Waals surface area contributed by atoms with Gasteiger partial charge in [0.15, 0.2) is 17.5 Å². The molecule has 0 atom stereocenters. The Bertz CT molecular complexity index is 2900. The van der Waals surface area contributed by atoms with Crippen LogP contribution >= 0.6 is 0 Å². The maximum absolute atomic E-state index is 6.59. The van der Waals surface area contributed by atoms with Crippen molar-refractivity contribution < 1.29 is 4.42 Å². The minimum Gasteiger partial charge on any atom is -0.456 e. The molecule has 238 valence electrons. The van der Waals surface area contributed by atoms with Gasteiger partial charge in [-0.25, -0.2) is 15.0 Å². The number of nitrogens with zero attached hydrogens (tertiary/aromatic N) is 3. The zero-order chi connectivity index (χ0) is 33.7. The first kappa shape index (κ1) is 29.0. The van der Waals surface area contributed by atoms with E-state index in [2.05, 4.69) is 121 Å². The molecule has 0 fully saturated rings. The Morgan fingerprint density at radius 2 is 0.843 bits per heavy atom. The maximum atomic E-state index is 6.59. The smallest absolute Gasteiger partial charge is 0.164 e. The molecule has 0 saturated heterocycles. The van der Waals surface area contributed by atoms with E-state index in [-0.39, 0.29) is 0 Å². The highest BCUT2D eigenvalue weighted by Crippen LogP contribution is 2.42. The minimum absolute atomic E-state index is 0.592. The van der Waals surface area contributed by atoms with Crippen molar-refractivity contribution in [3.63, 3.8) is 0 Å². The molecule has 0 radical (unpaired) electrons. The summed E-state index contributed by atoms with van der Waals surface area (Å²) in [6.45, 7) is 0. The Morgan fingerprint density at radius 1 is 0.314 bits per heavy atom. The lowest BCUT2D eigenvalue weighted by atomic mass is 9.91. The maximum Gasteiger partial charge on any atom is 0.164 e. The van der Waals surface area contributed by atoms with Gasteiger partial charge in [0.25, 0.3) is 0 Å². The van der Waals surface area contributed by atoms with Crippen molar-refractivity contribution in [2.45, 2.75) is 0 Å². The zero-order valence-corrected chi connectivity index (χ0v) is 27.5. The van der Waals surface area contributed by atoms with Gasteiger partial charge < -0.3 is 4.42 Å². The van der Waals surface area contributed by atoms with Crippen molar-refractivity contribution >= 4 is 43.5 Å². The molecule has 0 bridgehead atoms. The van der Waals surface area contributed by atoms with Crippen LogP contribution in [0.2, 0.25) is 0 Å². The Hall–Kier alpha value is -6.91. The van der Waals surface area contributed by atoms with E-state index in [4.69, 9.17) is 19.4 Å². The van der Waals surface area contributed by atoms with E-state index in [0.29, 0.717) is 17.5 Å². The largest absolute Gasteiger partial charge is 0.456 e. The number of hydrogen-bond donors (Lipinski definition) is 0. The van der Waals surface area contributed by atoms with Gasteiger partial charge in [-0.1, -0.05) is 152 Å². The van der Waals surface area contributed by atoms with Crippen LogP contribution in [-0.4, -0.2) is 15.0 Å². The molecule has 0 aliphatic rings. The topological polar surface area (TPSA) is 51.8 Å². The van der Waals surface area contributed by atoms with E-state index in [9.17, 15) is 0 Å². The molecule has 10 rings (SSSR count). The van der Waals surface area contributed by atoms with Crippen molar-refractivity contribution in [3.05, 3.63) is 176 Å². The van der Waals surface area contributed by atoms with Gasteiger partial charge in [0.2, 0.25) is 0 Å². The van der Waals surface area contributed by atoms with Gasteiger partial charge in [0.1, 0.15) is 11.2 Å². The van der Waals surface area contributed by atoms with Crippen LogP contribution in [0.25, 0.3) is 99.9 Å². The van der Waals surface area contributed by atoms with Gasteiger partial charge in [0.05, 0.1) is 0 Å². The molecule has 10 aromatic rings. The van der Waals surface area contributed by atoms with Crippen LogP contribution in [-0.2, 0) is 0 Å². The van der Waals surface area contributed by atoms with Crippen LogP contribution in [0.1, 0.15) is 0 Å². The molecule has 0 saturated carbocycles. The molecule has 51 heavy (non-hydrogen) atoms. The molecule has 8 aromatic carbocycles. The molecule has 0 aliphatic heterocycles. The van der Waals surface area contributed by atoms with Crippen LogP contribution in [0.4, 0.5) is 0 Å². The molecule has 0 amide bonds. The number of rotatable bonds is 5. The second-order valence-corrected chi connectivity index (χ2v) is 12.8. The van der Waals surface area contributed by atoms with E-state index >= 15 is 0 Å². The predicted octanol–water partition coefficient (Wildman–Crippen LogP) is 12.4. The molecular formula is C47H29N3O. The van der Waals surface area contributed by atoms with Gasteiger partial charge in [0, 0.05) is 27.5 Å². The SMILES string of the molecule is c1ccc(-c2ccc(-c3nc(-c4ccccc4)nc(-c4cc(-c5cc6ccccc6c6ccccc56)cc5oc6ccccc6c45)n3)cc2)cc1. The number of benzene rings is 8. The second-order valence-electron chi connectivity index (χ2n) is 12.8. The van der Waals surface area contributed by atoms with Gasteiger partial charge in [-0.3, -0.25) is 0 Å². The first-order chi connectivity index (χ1) is 25.3. The number of furan rings is 1. The quantitative estimate of drug-likeness (QED) is 0.174. The summed E-state index contributed by atoms with van der Waals surface area (Å²) in [4.78, 5) is 15.4. The lowest BCUT2D eigenvalue weighted by molar-refractivity contribution is 0.669.